The molecule has 28 heavy (non-hydrogen) atoms. The minimum Gasteiger partial charge on any atom is -0.339 e. The van der Waals surface area contributed by atoms with Crippen LogP contribution in [0.25, 0.3) is 5.69 Å². The summed E-state index contributed by atoms with van der Waals surface area (Å²) in [4.78, 5) is 27.3. The standard InChI is InChI=1S/C22H24N4O2/c1-16-8-10-18(11-9-16)21(27)25-14-12-17(13-15-25)20-23-24(2)22(28)26(20)19-6-4-3-5-7-19/h3-11,17H,12-15H2,1-2H3. The molecular weight excluding hydrogens is 352 g/mol. The Morgan fingerprint density at radius 3 is 2.29 bits per heavy atom. The van der Waals surface area contributed by atoms with Crippen molar-refractivity contribution < 1.29 is 4.79 Å². The van der Waals surface area contributed by atoms with Gasteiger partial charge in [0.2, 0.25) is 0 Å². The second-order valence-electron chi connectivity index (χ2n) is 7.37. The van der Waals surface area contributed by atoms with E-state index in [9.17, 15) is 9.59 Å². The summed E-state index contributed by atoms with van der Waals surface area (Å²) in [6, 6.07) is 17.3. The maximum atomic E-state index is 12.8. The number of amides is 1. The number of aromatic nitrogens is 3. The first-order valence-electron chi connectivity index (χ1n) is 9.62. The van der Waals surface area contributed by atoms with Crippen molar-refractivity contribution in [3.05, 3.63) is 82.0 Å². The summed E-state index contributed by atoms with van der Waals surface area (Å²) in [5, 5.41) is 4.51. The van der Waals surface area contributed by atoms with Crippen molar-refractivity contribution in [2.75, 3.05) is 13.1 Å². The van der Waals surface area contributed by atoms with E-state index in [1.165, 1.54) is 4.68 Å². The maximum absolute atomic E-state index is 12.8. The normalized spacial score (nSPS) is 15.0. The van der Waals surface area contributed by atoms with Crippen LogP contribution in [-0.4, -0.2) is 38.2 Å². The van der Waals surface area contributed by atoms with Crippen LogP contribution < -0.4 is 5.69 Å². The second-order valence-corrected chi connectivity index (χ2v) is 7.37. The summed E-state index contributed by atoms with van der Waals surface area (Å²) in [5.74, 6) is 0.997. The Bertz CT molecular complexity index is 1030. The number of likely N-dealkylation sites (tertiary alicyclic amines) is 1. The van der Waals surface area contributed by atoms with Gasteiger partial charge in [-0.15, -0.1) is 0 Å². The van der Waals surface area contributed by atoms with Crippen LogP contribution >= 0.6 is 0 Å². The van der Waals surface area contributed by atoms with Crippen LogP contribution in [0.2, 0.25) is 0 Å². The number of carbonyl (C=O) groups excluding carboxylic acids is 1. The van der Waals surface area contributed by atoms with Crippen molar-refractivity contribution in [3.63, 3.8) is 0 Å². The SMILES string of the molecule is Cc1ccc(C(=O)N2CCC(c3nn(C)c(=O)n3-c3ccccc3)CC2)cc1. The third kappa shape index (κ3) is 3.38. The molecule has 144 valence electrons. The average Bonchev–Trinajstić information content (AvgIpc) is 3.03. The van der Waals surface area contributed by atoms with Gasteiger partial charge >= 0.3 is 5.69 Å². The van der Waals surface area contributed by atoms with E-state index in [0.717, 1.165) is 35.5 Å². The summed E-state index contributed by atoms with van der Waals surface area (Å²) >= 11 is 0. The Balaban J connectivity index is 1.53. The monoisotopic (exact) mass is 376 g/mol. The van der Waals surface area contributed by atoms with Crippen molar-refractivity contribution in [1.29, 1.82) is 0 Å². The van der Waals surface area contributed by atoms with E-state index in [1.54, 1.807) is 11.6 Å². The Kier molecular flexibility index (Phi) is 4.86. The minimum atomic E-state index is -0.139. The summed E-state index contributed by atoms with van der Waals surface area (Å²) < 4.78 is 3.09. The fourth-order valence-corrected chi connectivity index (χ4v) is 3.79. The van der Waals surface area contributed by atoms with Crippen LogP contribution in [0.1, 0.15) is 40.5 Å². The Hall–Kier alpha value is -3.15. The molecule has 1 amide bonds. The van der Waals surface area contributed by atoms with Gasteiger partial charge in [-0.1, -0.05) is 35.9 Å². The number of hydrogen-bond donors (Lipinski definition) is 0. The molecule has 3 aromatic rings. The first kappa shape index (κ1) is 18.2. The van der Waals surface area contributed by atoms with Gasteiger partial charge in [-0.2, -0.15) is 5.10 Å². The maximum Gasteiger partial charge on any atom is 0.350 e. The molecule has 1 aliphatic heterocycles. The Labute approximate surface area is 164 Å². The molecule has 0 unspecified atom stereocenters. The van der Waals surface area contributed by atoms with Crippen LogP contribution in [0.3, 0.4) is 0 Å². The van der Waals surface area contributed by atoms with E-state index in [2.05, 4.69) is 5.10 Å². The molecule has 4 rings (SSSR count). The molecule has 1 fully saturated rings. The van der Waals surface area contributed by atoms with Crippen LogP contribution in [0, 0.1) is 6.92 Å². The lowest BCUT2D eigenvalue weighted by Gasteiger charge is -2.31. The molecule has 6 nitrogen and oxygen atoms in total. The molecule has 0 spiro atoms. The first-order valence-corrected chi connectivity index (χ1v) is 9.62. The van der Waals surface area contributed by atoms with Crippen molar-refractivity contribution >= 4 is 5.91 Å². The molecule has 0 N–H and O–H groups in total. The molecular formula is C22H24N4O2. The van der Waals surface area contributed by atoms with Gasteiger partial charge in [-0.25, -0.2) is 14.0 Å². The highest BCUT2D eigenvalue weighted by molar-refractivity contribution is 5.94. The zero-order chi connectivity index (χ0) is 19.7. The van der Waals surface area contributed by atoms with Crippen molar-refractivity contribution in [2.24, 2.45) is 7.05 Å². The number of nitrogens with zero attached hydrogens (tertiary/aromatic N) is 4. The lowest BCUT2D eigenvalue weighted by Crippen LogP contribution is -2.38. The largest absolute Gasteiger partial charge is 0.350 e. The van der Waals surface area contributed by atoms with Crippen LogP contribution in [0.5, 0.6) is 0 Å². The van der Waals surface area contributed by atoms with E-state index in [-0.39, 0.29) is 17.5 Å². The van der Waals surface area contributed by atoms with E-state index in [0.29, 0.717) is 13.1 Å². The topological polar surface area (TPSA) is 60.1 Å². The zero-order valence-electron chi connectivity index (χ0n) is 16.2. The van der Waals surface area contributed by atoms with Crippen LogP contribution in [0.4, 0.5) is 0 Å². The van der Waals surface area contributed by atoms with Gasteiger partial charge in [-0.3, -0.25) is 4.79 Å². The fraction of sp³-hybridized carbons (Fsp3) is 0.318. The number of hydrogen-bond acceptors (Lipinski definition) is 3. The average molecular weight is 376 g/mol. The first-order chi connectivity index (χ1) is 13.5. The van der Waals surface area contributed by atoms with E-state index in [1.807, 2.05) is 66.4 Å². The molecule has 1 saturated heterocycles. The third-order valence-electron chi connectivity index (χ3n) is 5.41. The Morgan fingerprint density at radius 2 is 1.64 bits per heavy atom. The van der Waals surface area contributed by atoms with Crippen LogP contribution in [0.15, 0.2) is 59.4 Å². The van der Waals surface area contributed by atoms with Gasteiger partial charge in [0.15, 0.2) is 0 Å². The predicted octanol–water partition coefficient (Wildman–Crippen LogP) is 2.90. The molecule has 0 atom stereocenters. The molecule has 1 aromatic heterocycles. The molecule has 1 aliphatic rings. The smallest absolute Gasteiger partial charge is 0.339 e. The van der Waals surface area contributed by atoms with E-state index >= 15 is 0 Å². The van der Waals surface area contributed by atoms with Gasteiger partial charge in [0, 0.05) is 31.6 Å². The van der Waals surface area contributed by atoms with Gasteiger partial charge < -0.3 is 4.90 Å². The highest BCUT2D eigenvalue weighted by Gasteiger charge is 2.29. The summed E-state index contributed by atoms with van der Waals surface area (Å²) in [7, 11) is 1.68. The Morgan fingerprint density at radius 1 is 1.00 bits per heavy atom. The van der Waals surface area contributed by atoms with E-state index in [4.69, 9.17) is 0 Å². The number of benzene rings is 2. The third-order valence-corrected chi connectivity index (χ3v) is 5.41. The van der Waals surface area contributed by atoms with Gasteiger partial charge in [-0.05, 0) is 44.0 Å². The highest BCUT2D eigenvalue weighted by atomic mass is 16.2. The lowest BCUT2D eigenvalue weighted by molar-refractivity contribution is 0.0710. The van der Waals surface area contributed by atoms with Gasteiger partial charge in [0.1, 0.15) is 5.82 Å². The molecule has 0 bridgehead atoms. The number of piperidine rings is 1. The molecule has 0 radical (unpaired) electrons. The highest BCUT2D eigenvalue weighted by Crippen LogP contribution is 2.28. The summed E-state index contributed by atoms with van der Waals surface area (Å²) in [5.41, 5.74) is 2.56. The quantitative estimate of drug-likeness (QED) is 0.706. The van der Waals surface area contributed by atoms with Crippen molar-refractivity contribution in [2.45, 2.75) is 25.7 Å². The van der Waals surface area contributed by atoms with Crippen LogP contribution in [-0.2, 0) is 7.05 Å². The molecule has 0 aliphatic carbocycles. The molecule has 6 heteroatoms. The fourth-order valence-electron chi connectivity index (χ4n) is 3.79. The van der Waals surface area contributed by atoms with Crippen molar-refractivity contribution in [1.82, 2.24) is 19.2 Å². The minimum absolute atomic E-state index is 0.0694. The molecule has 2 aromatic carbocycles. The number of rotatable bonds is 3. The number of aryl methyl sites for hydroxylation is 2. The summed E-state index contributed by atoms with van der Waals surface area (Å²) in [6.07, 6.45) is 1.59. The summed E-state index contributed by atoms with van der Waals surface area (Å²) in [6.45, 7) is 3.34. The molecule has 2 heterocycles. The van der Waals surface area contributed by atoms with E-state index < -0.39 is 0 Å². The number of para-hydroxylation sites is 1. The zero-order valence-corrected chi connectivity index (χ0v) is 16.2. The van der Waals surface area contributed by atoms with Gasteiger partial charge in [0.25, 0.3) is 5.91 Å². The predicted molar refractivity (Wildman–Crippen MR) is 108 cm³/mol. The number of carbonyl (C=O) groups is 1. The van der Waals surface area contributed by atoms with Crippen molar-refractivity contribution in [3.8, 4) is 5.69 Å². The lowest BCUT2D eigenvalue weighted by atomic mass is 9.95. The van der Waals surface area contributed by atoms with Gasteiger partial charge in [0.05, 0.1) is 5.69 Å². The molecule has 0 saturated carbocycles. The second kappa shape index (κ2) is 7.46.